The van der Waals surface area contributed by atoms with Crippen molar-refractivity contribution in [3.8, 4) is 0 Å². The highest BCUT2D eigenvalue weighted by atomic mass is 35.5. The molecule has 0 spiro atoms. The van der Waals surface area contributed by atoms with Crippen molar-refractivity contribution >= 4 is 11.6 Å². The third-order valence-electron chi connectivity index (χ3n) is 2.18. The average molecular weight is 299 g/mol. The molecule has 0 aromatic carbocycles. The van der Waals surface area contributed by atoms with Crippen molar-refractivity contribution in [3.63, 3.8) is 0 Å². The molecule has 102 valence electrons. The Hall–Kier alpha value is -1.77. The fourth-order valence-corrected chi connectivity index (χ4v) is 1.58. The highest BCUT2D eigenvalue weighted by Gasteiger charge is 2.42. The van der Waals surface area contributed by atoms with E-state index in [0.29, 0.717) is 6.07 Å². The number of aromatic nitrogens is 4. The Morgan fingerprint density at radius 2 is 1.79 bits per heavy atom. The smallest absolute Gasteiger partial charge is 0.258 e. The fraction of sp³-hybridized carbons (Fsp3) is 0.222. The first kappa shape index (κ1) is 13.7. The van der Waals surface area contributed by atoms with Crippen LogP contribution in [0.2, 0.25) is 5.02 Å². The number of pyridine rings is 1. The van der Waals surface area contributed by atoms with Gasteiger partial charge in [0.15, 0.2) is 0 Å². The summed E-state index contributed by atoms with van der Waals surface area (Å²) in [6, 6.07) is 0.383. The number of alkyl halides is 5. The maximum absolute atomic E-state index is 13.8. The van der Waals surface area contributed by atoms with Crippen LogP contribution in [0.15, 0.2) is 18.6 Å². The first-order valence-corrected chi connectivity index (χ1v) is 5.07. The first-order chi connectivity index (χ1) is 8.73. The van der Waals surface area contributed by atoms with E-state index >= 15 is 0 Å². The highest BCUT2D eigenvalue weighted by molar-refractivity contribution is 6.31. The Bertz CT molecular complexity index is 581. The van der Waals surface area contributed by atoms with E-state index < -0.39 is 34.2 Å². The van der Waals surface area contributed by atoms with Crippen molar-refractivity contribution in [2.24, 2.45) is 0 Å². The minimum atomic E-state index is -4.71. The maximum Gasteiger partial charge on any atom is 0.417 e. The lowest BCUT2D eigenvalue weighted by molar-refractivity contribution is -0.137. The van der Waals surface area contributed by atoms with Crippen LogP contribution in [0.3, 0.4) is 0 Å². The molecule has 0 amide bonds. The number of nitrogens with zero attached hydrogens (tertiary/aromatic N) is 3. The van der Waals surface area contributed by atoms with Crippen molar-refractivity contribution in [1.82, 2.24) is 20.2 Å². The van der Waals surface area contributed by atoms with Crippen LogP contribution in [-0.2, 0) is 12.1 Å². The molecule has 0 saturated carbocycles. The third kappa shape index (κ3) is 2.50. The van der Waals surface area contributed by atoms with Crippen LogP contribution in [0.5, 0.6) is 0 Å². The Balaban J connectivity index is 2.47. The van der Waals surface area contributed by atoms with E-state index in [9.17, 15) is 22.0 Å². The Morgan fingerprint density at radius 3 is 2.26 bits per heavy atom. The maximum atomic E-state index is 13.8. The largest absolute Gasteiger partial charge is 0.417 e. The molecule has 2 rings (SSSR count). The van der Waals surface area contributed by atoms with Crippen LogP contribution in [0.4, 0.5) is 22.0 Å². The van der Waals surface area contributed by atoms with Gasteiger partial charge in [-0.25, -0.2) is 4.98 Å². The van der Waals surface area contributed by atoms with Gasteiger partial charge < -0.3 is 0 Å². The van der Waals surface area contributed by atoms with Gasteiger partial charge in [-0.1, -0.05) is 11.6 Å². The molecule has 2 heterocycles. The minimum absolute atomic E-state index is 0.283. The van der Waals surface area contributed by atoms with Crippen LogP contribution in [-0.4, -0.2) is 20.2 Å². The number of nitrogens with one attached hydrogen (secondary N) is 1. The third-order valence-corrected chi connectivity index (χ3v) is 2.47. The second kappa shape index (κ2) is 4.41. The molecule has 0 aliphatic rings. The Morgan fingerprint density at radius 1 is 1.11 bits per heavy atom. The predicted octanol–water partition coefficient (Wildman–Crippen LogP) is 3.01. The Kier molecular flexibility index (Phi) is 3.17. The first-order valence-electron chi connectivity index (χ1n) is 4.70. The lowest BCUT2D eigenvalue weighted by atomic mass is 10.1. The molecule has 0 atom stereocenters. The number of H-pyrrole nitrogens is 1. The molecular formula is C9H4ClF5N4. The van der Waals surface area contributed by atoms with Crippen molar-refractivity contribution in [1.29, 1.82) is 0 Å². The topological polar surface area (TPSA) is 54.5 Å². The average Bonchev–Trinajstić information content (AvgIpc) is 2.81. The van der Waals surface area contributed by atoms with E-state index in [2.05, 4.69) is 15.1 Å². The van der Waals surface area contributed by atoms with Gasteiger partial charge in [0.05, 0.1) is 10.6 Å². The van der Waals surface area contributed by atoms with E-state index in [0.717, 1.165) is 6.33 Å². The van der Waals surface area contributed by atoms with Gasteiger partial charge in [0.25, 0.3) is 0 Å². The lowest BCUT2D eigenvalue weighted by Gasteiger charge is -2.15. The molecule has 10 heteroatoms. The van der Waals surface area contributed by atoms with E-state index in [1.807, 2.05) is 5.10 Å². The summed E-state index contributed by atoms with van der Waals surface area (Å²) in [5, 5.41) is 4.34. The van der Waals surface area contributed by atoms with Gasteiger partial charge in [0.2, 0.25) is 5.82 Å². The quantitative estimate of drug-likeness (QED) is 0.867. The molecule has 19 heavy (non-hydrogen) atoms. The van der Waals surface area contributed by atoms with Crippen molar-refractivity contribution in [2.45, 2.75) is 12.1 Å². The summed E-state index contributed by atoms with van der Waals surface area (Å²) >= 11 is 5.43. The normalized spacial score (nSPS) is 12.7. The van der Waals surface area contributed by atoms with Crippen LogP contribution >= 0.6 is 11.6 Å². The molecule has 2 aromatic rings. The fourth-order valence-electron chi connectivity index (χ4n) is 1.29. The predicted molar refractivity (Wildman–Crippen MR) is 53.6 cm³/mol. The molecule has 0 saturated heterocycles. The molecule has 0 aliphatic carbocycles. The summed E-state index contributed by atoms with van der Waals surface area (Å²) in [7, 11) is 0. The van der Waals surface area contributed by atoms with Gasteiger partial charge in [-0.3, -0.25) is 10.1 Å². The molecule has 0 unspecified atom stereocenters. The van der Waals surface area contributed by atoms with E-state index in [-0.39, 0.29) is 6.20 Å². The molecule has 0 bridgehead atoms. The van der Waals surface area contributed by atoms with Crippen LogP contribution in [0.1, 0.15) is 17.1 Å². The number of halogens is 6. The van der Waals surface area contributed by atoms with Crippen molar-refractivity contribution in [2.75, 3.05) is 0 Å². The van der Waals surface area contributed by atoms with Crippen LogP contribution in [0.25, 0.3) is 0 Å². The second-order valence-corrected chi connectivity index (χ2v) is 3.87. The SMILES string of the molecule is FC(F)(F)c1cnc(C(F)(F)c2ncn[nH]2)c(Cl)c1. The monoisotopic (exact) mass is 298 g/mol. The van der Waals surface area contributed by atoms with Gasteiger partial charge in [-0.05, 0) is 6.07 Å². The summed E-state index contributed by atoms with van der Waals surface area (Å²) in [6.45, 7) is 0. The summed E-state index contributed by atoms with van der Waals surface area (Å²) in [6.07, 6.45) is -3.59. The van der Waals surface area contributed by atoms with Gasteiger partial charge in [-0.2, -0.15) is 27.1 Å². The summed E-state index contributed by atoms with van der Waals surface area (Å²) in [5.74, 6) is -4.63. The van der Waals surface area contributed by atoms with Crippen molar-refractivity contribution in [3.05, 3.63) is 40.7 Å². The summed E-state index contributed by atoms with van der Waals surface area (Å²) in [5.41, 5.74) is -2.24. The summed E-state index contributed by atoms with van der Waals surface area (Å²) < 4.78 is 64.8. The number of rotatable bonds is 2. The zero-order valence-electron chi connectivity index (χ0n) is 8.84. The van der Waals surface area contributed by atoms with Crippen LogP contribution in [0, 0.1) is 0 Å². The van der Waals surface area contributed by atoms with E-state index in [1.54, 1.807) is 0 Å². The van der Waals surface area contributed by atoms with Gasteiger partial charge in [0.1, 0.15) is 12.0 Å². The molecule has 2 aromatic heterocycles. The number of hydrogen-bond acceptors (Lipinski definition) is 3. The molecule has 4 nitrogen and oxygen atoms in total. The zero-order valence-corrected chi connectivity index (χ0v) is 9.60. The van der Waals surface area contributed by atoms with Crippen LogP contribution < -0.4 is 0 Å². The molecule has 0 fully saturated rings. The van der Waals surface area contributed by atoms with E-state index in [4.69, 9.17) is 11.6 Å². The van der Waals surface area contributed by atoms with Gasteiger partial charge in [-0.15, -0.1) is 0 Å². The lowest BCUT2D eigenvalue weighted by Crippen LogP contribution is -2.20. The standard InChI is InChI=1S/C9H4ClF5N4/c10-5-1-4(9(13,14)15)2-16-6(5)8(11,12)7-17-3-18-19-7/h1-3H,(H,17,18,19). The zero-order chi connectivity index (χ0) is 14.3. The Labute approximate surface area is 107 Å². The van der Waals surface area contributed by atoms with Crippen molar-refractivity contribution < 1.29 is 22.0 Å². The molecule has 0 aliphatic heterocycles. The van der Waals surface area contributed by atoms with Gasteiger partial charge in [0, 0.05) is 6.20 Å². The second-order valence-electron chi connectivity index (χ2n) is 3.46. The molecule has 1 N–H and O–H groups in total. The molecular weight excluding hydrogens is 295 g/mol. The highest BCUT2D eigenvalue weighted by Crippen LogP contribution is 2.38. The molecule has 0 radical (unpaired) electrons. The number of aromatic amines is 1. The van der Waals surface area contributed by atoms with E-state index in [1.165, 1.54) is 0 Å². The minimum Gasteiger partial charge on any atom is -0.258 e. The number of hydrogen-bond donors (Lipinski definition) is 1. The van der Waals surface area contributed by atoms with Gasteiger partial charge >= 0.3 is 12.1 Å². The summed E-state index contributed by atoms with van der Waals surface area (Å²) in [4.78, 5) is 6.32.